The first kappa shape index (κ1) is 10.1. The molecule has 0 aromatic rings. The van der Waals surface area contributed by atoms with Gasteiger partial charge in [0.15, 0.2) is 0 Å². The van der Waals surface area contributed by atoms with Gasteiger partial charge in [-0.2, -0.15) is 0 Å². The van der Waals surface area contributed by atoms with Gasteiger partial charge in [0.1, 0.15) is 0 Å². The van der Waals surface area contributed by atoms with Crippen molar-refractivity contribution in [2.24, 2.45) is 0 Å². The van der Waals surface area contributed by atoms with E-state index < -0.39 is 11.9 Å². The minimum atomic E-state index is -0.805. The van der Waals surface area contributed by atoms with Crippen molar-refractivity contribution >= 4 is 38.2 Å². The molecule has 0 atom stereocenters. The van der Waals surface area contributed by atoms with Crippen molar-refractivity contribution in [3.8, 4) is 0 Å². The van der Waals surface area contributed by atoms with E-state index in [1.807, 2.05) is 0 Å². The molecule has 0 aromatic heterocycles. The summed E-state index contributed by atoms with van der Waals surface area (Å²) in [6.07, 6.45) is 0. The molecule has 10 heavy (non-hydrogen) atoms. The summed E-state index contributed by atoms with van der Waals surface area (Å²) in [6, 6.07) is 0. The van der Waals surface area contributed by atoms with Gasteiger partial charge in [0, 0.05) is 0 Å². The maximum absolute atomic E-state index is 9.93. The van der Waals surface area contributed by atoms with Gasteiger partial charge < -0.3 is 0 Å². The van der Waals surface area contributed by atoms with Crippen molar-refractivity contribution in [2.75, 3.05) is 0 Å². The number of carbonyl (C=O) groups is 2. The van der Waals surface area contributed by atoms with Crippen molar-refractivity contribution < 1.29 is 19.8 Å². The number of hydrogen-bond donors (Lipinski definition) is 2. The molecule has 56 valence electrons. The van der Waals surface area contributed by atoms with E-state index in [0.717, 1.165) is 0 Å². The molecule has 0 aliphatic rings. The molecule has 0 bridgehead atoms. The summed E-state index contributed by atoms with van der Waals surface area (Å²) in [7, 11) is 0. The van der Waals surface area contributed by atoms with Crippen molar-refractivity contribution in [2.45, 2.75) is 10.4 Å². The van der Waals surface area contributed by atoms with E-state index in [1.165, 1.54) is 0 Å². The SMILES string of the molecule is O=C(O)C[As]=[As]CC(=O)O. The van der Waals surface area contributed by atoms with Gasteiger partial charge in [-0.05, 0) is 0 Å². The van der Waals surface area contributed by atoms with Gasteiger partial charge >= 0.3 is 68.4 Å². The van der Waals surface area contributed by atoms with Crippen LogP contribution < -0.4 is 0 Å². The third-order valence-corrected chi connectivity index (χ3v) is 7.92. The van der Waals surface area contributed by atoms with Crippen LogP contribution in [0.1, 0.15) is 0 Å². The maximum atomic E-state index is 9.93. The third-order valence-electron chi connectivity index (χ3n) is 0.512. The molecule has 4 nitrogen and oxygen atoms in total. The van der Waals surface area contributed by atoms with Crippen molar-refractivity contribution in [1.82, 2.24) is 0 Å². The molecule has 0 aliphatic carbocycles. The Kier molecular flexibility index (Phi) is 5.85. The van der Waals surface area contributed by atoms with E-state index in [1.54, 1.807) is 0 Å². The van der Waals surface area contributed by atoms with Gasteiger partial charge in [-0.1, -0.05) is 0 Å². The van der Waals surface area contributed by atoms with Gasteiger partial charge in [0.25, 0.3) is 0 Å². The van der Waals surface area contributed by atoms with Gasteiger partial charge in [-0.3, -0.25) is 0 Å². The van der Waals surface area contributed by atoms with Crippen LogP contribution in [0.25, 0.3) is 0 Å². The minimum absolute atomic E-state index is 0.198. The van der Waals surface area contributed by atoms with Crippen LogP contribution in [0.4, 0.5) is 0 Å². The molecule has 0 aliphatic heterocycles. The molecular formula is C4H6As2O4. The van der Waals surface area contributed by atoms with Crippen LogP contribution in [0.2, 0.25) is 10.4 Å². The number of aliphatic carboxylic acids is 2. The zero-order valence-corrected chi connectivity index (χ0v) is 8.77. The second kappa shape index (κ2) is 5.81. The fraction of sp³-hybridized carbons (Fsp3) is 0.500. The fourth-order valence-corrected chi connectivity index (χ4v) is 5.97. The summed E-state index contributed by atoms with van der Waals surface area (Å²) in [5, 5.41) is 16.7. The molecule has 0 saturated carbocycles. The van der Waals surface area contributed by atoms with E-state index in [0.29, 0.717) is 0 Å². The standard InChI is InChI=1S/C4H6As2O4/c7-3(8)1-5-6-2-4(9)10/h1-2H2,(H,7,8)(H,9,10). The monoisotopic (exact) mass is 268 g/mol. The van der Waals surface area contributed by atoms with Crippen molar-refractivity contribution in [3.05, 3.63) is 0 Å². The molecule has 0 fully saturated rings. The van der Waals surface area contributed by atoms with Crippen LogP contribution in [-0.2, 0) is 9.59 Å². The quantitative estimate of drug-likeness (QED) is 0.662. The normalized spacial score (nSPS) is 10.0. The average molecular weight is 268 g/mol. The third kappa shape index (κ3) is 8.06. The average Bonchev–Trinajstić information content (AvgIpc) is 1.79. The molecule has 0 unspecified atom stereocenters. The number of carboxylic acid groups (broad SMARTS) is 2. The van der Waals surface area contributed by atoms with Crippen LogP contribution in [0.3, 0.4) is 0 Å². The zero-order chi connectivity index (χ0) is 7.98. The Labute approximate surface area is 68.6 Å². The van der Waals surface area contributed by atoms with Crippen molar-refractivity contribution in [1.29, 1.82) is 0 Å². The summed E-state index contributed by atoms with van der Waals surface area (Å²) in [6.45, 7) is 0. The molecule has 0 radical (unpaired) electrons. The first-order chi connectivity index (χ1) is 4.63. The van der Waals surface area contributed by atoms with E-state index in [4.69, 9.17) is 10.2 Å². The van der Waals surface area contributed by atoms with Crippen LogP contribution >= 0.6 is 0 Å². The van der Waals surface area contributed by atoms with E-state index >= 15 is 0 Å². The van der Waals surface area contributed by atoms with Gasteiger partial charge in [-0.25, -0.2) is 0 Å². The molecule has 2 N–H and O–H groups in total. The summed E-state index contributed by atoms with van der Waals surface area (Å²) in [5.74, 6) is -1.61. The predicted octanol–water partition coefficient (Wildman–Crippen LogP) is -0.684. The molecule has 0 rings (SSSR count). The van der Waals surface area contributed by atoms with Crippen LogP contribution in [0.15, 0.2) is 0 Å². The molecule has 6 heteroatoms. The Bertz CT molecular complexity index is 147. The van der Waals surface area contributed by atoms with Gasteiger partial charge in [0.05, 0.1) is 0 Å². The first-order valence-corrected chi connectivity index (χ1v) is 10.2. The Morgan fingerprint density at radius 1 is 1.00 bits per heavy atom. The molecule has 0 heterocycles. The Hall–Kier alpha value is 0.0569. The summed E-state index contributed by atoms with van der Waals surface area (Å²) >= 11 is -0.413. The van der Waals surface area contributed by atoms with Crippen LogP contribution in [0.5, 0.6) is 0 Å². The number of rotatable bonds is 4. The topological polar surface area (TPSA) is 74.6 Å². The molecule has 0 spiro atoms. The fourth-order valence-electron chi connectivity index (χ4n) is 0.221. The number of carboxylic acids is 2. The summed E-state index contributed by atoms with van der Waals surface area (Å²) < 4.78 is 0. The summed E-state index contributed by atoms with van der Waals surface area (Å²) in [5.41, 5.74) is 0. The van der Waals surface area contributed by atoms with Crippen LogP contribution in [-0.4, -0.2) is 48.4 Å². The first-order valence-electron chi connectivity index (χ1n) is 2.40. The Morgan fingerprint density at radius 2 is 1.30 bits per heavy atom. The molecule has 0 aromatic carbocycles. The Morgan fingerprint density at radius 3 is 1.50 bits per heavy atom. The van der Waals surface area contributed by atoms with Gasteiger partial charge in [0.2, 0.25) is 0 Å². The van der Waals surface area contributed by atoms with Crippen LogP contribution in [0, 0.1) is 0 Å². The molecular weight excluding hydrogens is 262 g/mol. The van der Waals surface area contributed by atoms with E-state index in [9.17, 15) is 9.59 Å². The zero-order valence-electron chi connectivity index (χ0n) is 5.02. The van der Waals surface area contributed by atoms with Crippen molar-refractivity contribution in [3.63, 3.8) is 0 Å². The Balaban J connectivity index is 3.38. The predicted molar refractivity (Wildman–Crippen MR) is 36.4 cm³/mol. The molecule has 0 saturated heterocycles. The van der Waals surface area contributed by atoms with E-state index in [-0.39, 0.29) is 36.7 Å². The summed E-state index contributed by atoms with van der Waals surface area (Å²) in [4.78, 5) is 19.9. The second-order valence-electron chi connectivity index (χ2n) is 1.39. The number of hydrogen-bond acceptors (Lipinski definition) is 2. The van der Waals surface area contributed by atoms with Gasteiger partial charge in [-0.15, -0.1) is 0 Å². The second-order valence-corrected chi connectivity index (χ2v) is 10.1. The molecule has 0 amide bonds. The van der Waals surface area contributed by atoms with E-state index in [2.05, 4.69) is 0 Å².